The van der Waals surface area contributed by atoms with Crippen molar-refractivity contribution in [3.63, 3.8) is 0 Å². The summed E-state index contributed by atoms with van der Waals surface area (Å²) in [7, 11) is 0. The molecule has 3 aliphatic rings. The Labute approximate surface area is 181 Å². The van der Waals surface area contributed by atoms with Gasteiger partial charge in [0.2, 0.25) is 11.8 Å². The molecule has 4 rings (SSSR count). The number of carbonyl (C=O) groups excluding carboxylic acids is 1. The Morgan fingerprint density at radius 3 is 2.60 bits per heavy atom. The number of aromatic nitrogens is 3. The van der Waals surface area contributed by atoms with Crippen molar-refractivity contribution in [2.24, 2.45) is 11.3 Å². The van der Waals surface area contributed by atoms with Gasteiger partial charge in [-0.3, -0.25) is 9.36 Å². The summed E-state index contributed by atoms with van der Waals surface area (Å²) in [6.07, 6.45) is 9.78. The van der Waals surface area contributed by atoms with Crippen LogP contribution in [0.1, 0.15) is 82.8 Å². The van der Waals surface area contributed by atoms with Gasteiger partial charge in [-0.25, -0.2) is 0 Å². The molecule has 1 aliphatic carbocycles. The lowest BCUT2D eigenvalue weighted by atomic mass is 9.87. The van der Waals surface area contributed by atoms with Crippen LogP contribution in [0.15, 0.2) is 0 Å². The van der Waals surface area contributed by atoms with Crippen LogP contribution in [-0.4, -0.2) is 64.5 Å². The summed E-state index contributed by atoms with van der Waals surface area (Å²) in [5.74, 6) is 1.97. The fourth-order valence-electron chi connectivity index (χ4n) is 5.26. The fourth-order valence-corrected chi connectivity index (χ4v) is 5.26. The smallest absolute Gasteiger partial charge is 0.291 e. The molecule has 168 valence electrons. The summed E-state index contributed by atoms with van der Waals surface area (Å²) in [4.78, 5) is 17.4. The number of likely N-dealkylation sites (tertiary alicyclic amines) is 1. The topological polar surface area (TPSA) is 63.5 Å². The lowest BCUT2D eigenvalue weighted by molar-refractivity contribution is -0.00850. The molecule has 1 aromatic rings. The quantitative estimate of drug-likeness (QED) is 0.676. The highest BCUT2D eigenvalue weighted by atomic mass is 16.5. The summed E-state index contributed by atoms with van der Waals surface area (Å²) >= 11 is 0. The molecule has 0 aromatic carbocycles. The van der Waals surface area contributed by atoms with Gasteiger partial charge < -0.3 is 14.5 Å². The van der Waals surface area contributed by atoms with E-state index in [2.05, 4.69) is 35.9 Å². The average Bonchev–Trinajstić information content (AvgIpc) is 3.49. The van der Waals surface area contributed by atoms with Crippen molar-refractivity contribution >= 4 is 11.9 Å². The van der Waals surface area contributed by atoms with Gasteiger partial charge in [-0.05, 0) is 49.9 Å². The van der Waals surface area contributed by atoms with Gasteiger partial charge in [0.15, 0.2) is 0 Å². The number of ether oxygens (including phenoxy) is 1. The minimum Gasteiger partial charge on any atom is -0.376 e. The van der Waals surface area contributed by atoms with Crippen LogP contribution in [0.4, 0.5) is 5.95 Å². The van der Waals surface area contributed by atoms with E-state index in [0.717, 1.165) is 64.2 Å². The number of hydrogen-bond acceptors (Lipinski definition) is 5. The highest BCUT2D eigenvalue weighted by Crippen LogP contribution is 2.35. The third-order valence-electron chi connectivity index (χ3n) is 7.69. The molecule has 3 heterocycles. The number of anilines is 1. The minimum atomic E-state index is 0.0229. The molecule has 7 nitrogen and oxygen atoms in total. The standard InChI is InChI=1S/C23H39N5O2/c1-4-23(3)11-14-27(17-23)22-25-24-20(21(29)26-12-7-8-13-26)28(22)15-16-30-19-10-6-5-9-18(19)2/h18-19H,4-17H2,1-3H3. The largest absolute Gasteiger partial charge is 0.376 e. The first-order valence-electron chi connectivity index (χ1n) is 12.1. The Morgan fingerprint density at radius 1 is 1.13 bits per heavy atom. The van der Waals surface area contributed by atoms with Gasteiger partial charge in [0.25, 0.3) is 5.91 Å². The SMILES string of the molecule is CCC1(C)CCN(c2nnc(C(=O)N3CCCC3)n2CCOC2CCCCC2C)C1. The molecule has 2 aliphatic heterocycles. The molecule has 0 N–H and O–H groups in total. The van der Waals surface area contributed by atoms with Gasteiger partial charge in [0.1, 0.15) is 0 Å². The predicted octanol–water partition coefficient (Wildman–Crippen LogP) is 3.74. The average molecular weight is 418 g/mol. The van der Waals surface area contributed by atoms with Gasteiger partial charge >= 0.3 is 0 Å². The Morgan fingerprint density at radius 2 is 1.90 bits per heavy atom. The number of carbonyl (C=O) groups is 1. The predicted molar refractivity (Wildman–Crippen MR) is 118 cm³/mol. The first kappa shape index (κ1) is 21.6. The van der Waals surface area contributed by atoms with E-state index in [-0.39, 0.29) is 5.91 Å². The van der Waals surface area contributed by atoms with Crippen LogP contribution in [0.2, 0.25) is 0 Å². The molecular weight excluding hydrogens is 378 g/mol. The van der Waals surface area contributed by atoms with Crippen molar-refractivity contribution in [1.29, 1.82) is 0 Å². The molecular formula is C23H39N5O2. The molecule has 0 radical (unpaired) electrons. The van der Waals surface area contributed by atoms with Crippen LogP contribution in [0.5, 0.6) is 0 Å². The van der Waals surface area contributed by atoms with Gasteiger partial charge in [-0.1, -0.05) is 33.6 Å². The van der Waals surface area contributed by atoms with E-state index in [9.17, 15) is 4.79 Å². The lowest BCUT2D eigenvalue weighted by Gasteiger charge is -2.29. The fraction of sp³-hybridized carbons (Fsp3) is 0.870. The first-order chi connectivity index (χ1) is 14.5. The van der Waals surface area contributed by atoms with Crippen molar-refractivity contribution in [1.82, 2.24) is 19.7 Å². The maximum Gasteiger partial charge on any atom is 0.291 e. The molecule has 3 atom stereocenters. The number of nitrogens with zero attached hydrogens (tertiary/aromatic N) is 5. The van der Waals surface area contributed by atoms with Crippen LogP contribution < -0.4 is 4.90 Å². The van der Waals surface area contributed by atoms with Crippen LogP contribution >= 0.6 is 0 Å². The van der Waals surface area contributed by atoms with Gasteiger partial charge in [-0.15, -0.1) is 10.2 Å². The number of amides is 1. The third-order valence-corrected chi connectivity index (χ3v) is 7.69. The van der Waals surface area contributed by atoms with Crippen molar-refractivity contribution in [3.05, 3.63) is 5.82 Å². The summed E-state index contributed by atoms with van der Waals surface area (Å²) in [5, 5.41) is 8.89. The zero-order valence-corrected chi connectivity index (χ0v) is 19.1. The van der Waals surface area contributed by atoms with Crippen LogP contribution in [-0.2, 0) is 11.3 Å². The van der Waals surface area contributed by atoms with E-state index >= 15 is 0 Å². The molecule has 30 heavy (non-hydrogen) atoms. The third kappa shape index (κ3) is 4.51. The molecule has 0 bridgehead atoms. The molecule has 1 aromatic heterocycles. The Kier molecular flexibility index (Phi) is 6.66. The van der Waals surface area contributed by atoms with Crippen molar-refractivity contribution in [2.75, 3.05) is 37.7 Å². The van der Waals surface area contributed by atoms with Crippen LogP contribution in [0.25, 0.3) is 0 Å². The second kappa shape index (κ2) is 9.25. The molecule has 1 amide bonds. The van der Waals surface area contributed by atoms with E-state index < -0.39 is 0 Å². The summed E-state index contributed by atoms with van der Waals surface area (Å²) in [6, 6.07) is 0. The zero-order valence-electron chi connectivity index (χ0n) is 19.1. The monoisotopic (exact) mass is 417 g/mol. The summed E-state index contributed by atoms with van der Waals surface area (Å²) in [5.41, 5.74) is 0.309. The molecule has 2 saturated heterocycles. The van der Waals surface area contributed by atoms with Crippen molar-refractivity contribution < 1.29 is 9.53 Å². The molecule has 3 fully saturated rings. The van der Waals surface area contributed by atoms with E-state index in [1.165, 1.54) is 19.3 Å². The van der Waals surface area contributed by atoms with E-state index in [0.29, 0.717) is 36.4 Å². The lowest BCUT2D eigenvalue weighted by Crippen LogP contribution is -2.33. The molecule has 3 unspecified atom stereocenters. The summed E-state index contributed by atoms with van der Waals surface area (Å²) < 4.78 is 8.33. The van der Waals surface area contributed by atoms with Gasteiger partial charge in [0.05, 0.1) is 19.3 Å². The highest BCUT2D eigenvalue weighted by molar-refractivity contribution is 5.91. The maximum absolute atomic E-state index is 13.1. The minimum absolute atomic E-state index is 0.0229. The second-order valence-corrected chi connectivity index (χ2v) is 9.98. The molecule has 0 spiro atoms. The van der Waals surface area contributed by atoms with Gasteiger partial charge in [-0.2, -0.15) is 0 Å². The van der Waals surface area contributed by atoms with Crippen LogP contribution in [0.3, 0.4) is 0 Å². The first-order valence-corrected chi connectivity index (χ1v) is 12.1. The summed E-state index contributed by atoms with van der Waals surface area (Å²) in [6.45, 7) is 11.8. The molecule has 7 heteroatoms. The van der Waals surface area contributed by atoms with Crippen LogP contribution in [0, 0.1) is 11.3 Å². The van der Waals surface area contributed by atoms with Gasteiger partial charge in [0, 0.05) is 26.2 Å². The second-order valence-electron chi connectivity index (χ2n) is 9.98. The Hall–Kier alpha value is -1.63. The zero-order chi connectivity index (χ0) is 21.1. The van der Waals surface area contributed by atoms with E-state index in [1.807, 2.05) is 9.47 Å². The Balaban J connectivity index is 1.50. The van der Waals surface area contributed by atoms with E-state index in [4.69, 9.17) is 4.74 Å². The molecule has 1 saturated carbocycles. The van der Waals surface area contributed by atoms with E-state index in [1.54, 1.807) is 0 Å². The highest BCUT2D eigenvalue weighted by Gasteiger charge is 2.36. The van der Waals surface area contributed by atoms with Crippen molar-refractivity contribution in [2.45, 2.75) is 84.8 Å². The normalized spacial score (nSPS) is 29.7. The maximum atomic E-state index is 13.1. The van der Waals surface area contributed by atoms with Crippen molar-refractivity contribution in [3.8, 4) is 0 Å². The number of hydrogen-bond donors (Lipinski definition) is 0. The number of rotatable bonds is 7. The Bertz CT molecular complexity index is 729.